The molecule has 0 saturated heterocycles. The van der Waals surface area contributed by atoms with E-state index in [1.165, 1.54) is 0 Å². The Hall–Kier alpha value is -1.59. The van der Waals surface area contributed by atoms with Crippen molar-refractivity contribution in [1.29, 1.82) is 0 Å². The topological polar surface area (TPSA) is 67.6 Å². The van der Waals surface area contributed by atoms with Crippen LogP contribution in [-0.2, 0) is 9.53 Å². The van der Waals surface area contributed by atoms with Crippen molar-refractivity contribution in [2.75, 3.05) is 44.4 Å². The number of methoxy groups -OCH3 is 1. The Labute approximate surface area is 127 Å². The molecule has 0 unspecified atom stereocenters. The maximum Gasteiger partial charge on any atom is 0.238 e. The second kappa shape index (κ2) is 8.64. The highest BCUT2D eigenvalue weighted by atomic mass is 16.5. The fourth-order valence-electron chi connectivity index (χ4n) is 2.14. The fraction of sp³-hybridized carbons (Fsp3) is 0.562. The minimum Gasteiger partial charge on any atom is -0.399 e. The lowest BCUT2D eigenvalue weighted by Gasteiger charge is -2.23. The number of benzene rings is 1. The van der Waals surface area contributed by atoms with Crippen LogP contribution >= 0.6 is 0 Å². The van der Waals surface area contributed by atoms with Gasteiger partial charge in [-0.25, -0.2) is 0 Å². The third-order valence-electron chi connectivity index (χ3n) is 3.14. The summed E-state index contributed by atoms with van der Waals surface area (Å²) in [7, 11) is 1.67. The Morgan fingerprint density at radius 1 is 1.43 bits per heavy atom. The van der Waals surface area contributed by atoms with Crippen molar-refractivity contribution in [3.8, 4) is 0 Å². The Balaban J connectivity index is 2.62. The summed E-state index contributed by atoms with van der Waals surface area (Å²) in [6.07, 6.45) is 0. The lowest BCUT2D eigenvalue weighted by Crippen LogP contribution is -2.37. The van der Waals surface area contributed by atoms with Crippen LogP contribution in [-0.4, -0.2) is 44.2 Å². The van der Waals surface area contributed by atoms with Gasteiger partial charge in [-0.1, -0.05) is 19.9 Å². The third kappa shape index (κ3) is 6.60. The van der Waals surface area contributed by atoms with Gasteiger partial charge in [0.15, 0.2) is 0 Å². The lowest BCUT2D eigenvalue weighted by atomic mass is 10.2. The Bertz CT molecular complexity index is 461. The molecule has 0 radical (unpaired) electrons. The molecule has 0 atom stereocenters. The van der Waals surface area contributed by atoms with E-state index in [9.17, 15) is 4.79 Å². The first-order valence-corrected chi connectivity index (χ1v) is 7.29. The number of anilines is 2. The standard InChI is InChI=1S/C16H27N3O2/c1-12(2)10-19(7-8-21-4)11-16(20)18-15-9-14(17)6-5-13(15)3/h5-6,9,12H,7-8,10-11,17H2,1-4H3,(H,18,20). The van der Waals surface area contributed by atoms with E-state index in [1.54, 1.807) is 13.2 Å². The molecule has 0 aliphatic heterocycles. The molecule has 1 rings (SSSR count). The van der Waals surface area contributed by atoms with E-state index < -0.39 is 0 Å². The number of carbonyl (C=O) groups is 1. The number of ether oxygens (including phenoxy) is 1. The van der Waals surface area contributed by atoms with Gasteiger partial charge in [-0.2, -0.15) is 0 Å². The monoisotopic (exact) mass is 293 g/mol. The molecular formula is C16H27N3O2. The van der Waals surface area contributed by atoms with Crippen molar-refractivity contribution < 1.29 is 9.53 Å². The zero-order chi connectivity index (χ0) is 15.8. The molecule has 0 fully saturated rings. The summed E-state index contributed by atoms with van der Waals surface area (Å²) >= 11 is 0. The van der Waals surface area contributed by atoms with Crippen molar-refractivity contribution in [2.24, 2.45) is 5.92 Å². The number of nitrogens with one attached hydrogen (secondary N) is 1. The summed E-state index contributed by atoms with van der Waals surface area (Å²) < 4.78 is 5.10. The van der Waals surface area contributed by atoms with Crippen LogP contribution in [0.2, 0.25) is 0 Å². The molecule has 0 bridgehead atoms. The quantitative estimate of drug-likeness (QED) is 0.720. The summed E-state index contributed by atoms with van der Waals surface area (Å²) in [6, 6.07) is 5.52. The molecule has 0 spiro atoms. The van der Waals surface area contributed by atoms with Gasteiger partial charge in [-0.05, 0) is 30.5 Å². The highest BCUT2D eigenvalue weighted by Gasteiger charge is 2.13. The normalized spacial score (nSPS) is 11.1. The van der Waals surface area contributed by atoms with Crippen LogP contribution in [0, 0.1) is 12.8 Å². The maximum atomic E-state index is 12.2. The van der Waals surface area contributed by atoms with Gasteiger partial charge in [0.2, 0.25) is 5.91 Å². The zero-order valence-corrected chi connectivity index (χ0v) is 13.5. The average molecular weight is 293 g/mol. The summed E-state index contributed by atoms with van der Waals surface area (Å²) in [5, 5.41) is 2.93. The molecular weight excluding hydrogens is 266 g/mol. The van der Waals surface area contributed by atoms with Crippen molar-refractivity contribution in [1.82, 2.24) is 4.90 Å². The molecule has 21 heavy (non-hydrogen) atoms. The summed E-state index contributed by atoms with van der Waals surface area (Å²) in [6.45, 7) is 8.82. The smallest absolute Gasteiger partial charge is 0.238 e. The van der Waals surface area contributed by atoms with Gasteiger partial charge in [0.25, 0.3) is 0 Å². The third-order valence-corrected chi connectivity index (χ3v) is 3.14. The first-order chi connectivity index (χ1) is 9.92. The number of hydrogen-bond acceptors (Lipinski definition) is 4. The van der Waals surface area contributed by atoms with Crippen LogP contribution in [0.5, 0.6) is 0 Å². The molecule has 0 aliphatic rings. The minimum atomic E-state index is -0.0274. The fourth-order valence-corrected chi connectivity index (χ4v) is 2.14. The molecule has 0 aromatic heterocycles. The van der Waals surface area contributed by atoms with Crippen molar-refractivity contribution in [2.45, 2.75) is 20.8 Å². The van der Waals surface area contributed by atoms with Gasteiger partial charge in [0.05, 0.1) is 13.2 Å². The number of hydrogen-bond donors (Lipinski definition) is 2. The summed E-state index contributed by atoms with van der Waals surface area (Å²) in [5.41, 5.74) is 8.18. The van der Waals surface area contributed by atoms with Crippen LogP contribution in [0.25, 0.3) is 0 Å². The van der Waals surface area contributed by atoms with E-state index >= 15 is 0 Å². The number of carbonyl (C=O) groups excluding carboxylic acids is 1. The number of nitrogen functional groups attached to an aromatic ring is 1. The average Bonchev–Trinajstić information content (AvgIpc) is 2.39. The summed E-state index contributed by atoms with van der Waals surface area (Å²) in [4.78, 5) is 14.3. The molecule has 3 N–H and O–H groups in total. The second-order valence-corrected chi connectivity index (χ2v) is 5.74. The first kappa shape index (κ1) is 17.5. The molecule has 5 heteroatoms. The van der Waals surface area contributed by atoms with Crippen molar-refractivity contribution >= 4 is 17.3 Å². The number of rotatable bonds is 8. The number of amides is 1. The van der Waals surface area contributed by atoms with Gasteiger partial charge in [0.1, 0.15) is 0 Å². The van der Waals surface area contributed by atoms with E-state index in [1.807, 2.05) is 19.1 Å². The maximum absolute atomic E-state index is 12.2. The van der Waals surface area contributed by atoms with Crippen molar-refractivity contribution in [3.05, 3.63) is 23.8 Å². The first-order valence-electron chi connectivity index (χ1n) is 7.29. The van der Waals surface area contributed by atoms with Gasteiger partial charge in [-0.3, -0.25) is 9.69 Å². The van der Waals surface area contributed by atoms with Gasteiger partial charge < -0.3 is 15.8 Å². The number of nitrogens with two attached hydrogens (primary N) is 1. The SMILES string of the molecule is COCCN(CC(=O)Nc1cc(N)ccc1C)CC(C)C. The zero-order valence-electron chi connectivity index (χ0n) is 13.5. The molecule has 0 heterocycles. The van der Waals surface area contributed by atoms with Crippen LogP contribution in [0.4, 0.5) is 11.4 Å². The van der Waals surface area contributed by atoms with Crippen LogP contribution in [0.1, 0.15) is 19.4 Å². The Morgan fingerprint density at radius 3 is 2.76 bits per heavy atom. The van der Waals surface area contributed by atoms with Crippen molar-refractivity contribution in [3.63, 3.8) is 0 Å². The predicted octanol–water partition coefficient (Wildman–Crippen LogP) is 2.12. The molecule has 0 aliphatic carbocycles. The summed E-state index contributed by atoms with van der Waals surface area (Å²) in [5.74, 6) is 0.476. The largest absolute Gasteiger partial charge is 0.399 e. The van der Waals surface area contributed by atoms with E-state index in [2.05, 4.69) is 24.1 Å². The highest BCUT2D eigenvalue weighted by Crippen LogP contribution is 2.18. The molecule has 1 aromatic rings. The van der Waals surface area contributed by atoms with Crippen LogP contribution in [0.15, 0.2) is 18.2 Å². The molecule has 5 nitrogen and oxygen atoms in total. The van der Waals surface area contributed by atoms with E-state index in [0.29, 0.717) is 24.8 Å². The van der Waals surface area contributed by atoms with Crippen LogP contribution < -0.4 is 11.1 Å². The van der Waals surface area contributed by atoms with Crippen LogP contribution in [0.3, 0.4) is 0 Å². The molecule has 1 amide bonds. The van der Waals surface area contributed by atoms with Gasteiger partial charge in [0, 0.05) is 31.6 Å². The predicted molar refractivity (Wildman–Crippen MR) is 87.4 cm³/mol. The highest BCUT2D eigenvalue weighted by molar-refractivity contribution is 5.93. The van der Waals surface area contributed by atoms with E-state index in [-0.39, 0.29) is 5.91 Å². The second-order valence-electron chi connectivity index (χ2n) is 5.74. The number of nitrogens with zero attached hydrogens (tertiary/aromatic N) is 1. The molecule has 0 saturated carbocycles. The Morgan fingerprint density at radius 2 is 2.14 bits per heavy atom. The van der Waals surface area contributed by atoms with Gasteiger partial charge >= 0.3 is 0 Å². The van der Waals surface area contributed by atoms with E-state index in [4.69, 9.17) is 10.5 Å². The molecule has 118 valence electrons. The minimum absolute atomic E-state index is 0.0274. The molecule has 1 aromatic carbocycles. The number of aryl methyl sites for hydroxylation is 1. The van der Waals surface area contributed by atoms with E-state index in [0.717, 1.165) is 24.3 Å². The van der Waals surface area contributed by atoms with Gasteiger partial charge in [-0.15, -0.1) is 0 Å². The lowest BCUT2D eigenvalue weighted by molar-refractivity contribution is -0.117. The Kier molecular flexibility index (Phi) is 7.19.